The summed E-state index contributed by atoms with van der Waals surface area (Å²) in [5, 5.41) is 2.26. The maximum absolute atomic E-state index is 5.32. The summed E-state index contributed by atoms with van der Waals surface area (Å²) in [6.45, 7) is 2.03. The van der Waals surface area contributed by atoms with E-state index in [0.717, 1.165) is 27.8 Å². The van der Waals surface area contributed by atoms with Gasteiger partial charge in [-0.2, -0.15) is 0 Å². The number of aryl methyl sites for hydroxylation is 1. The van der Waals surface area contributed by atoms with Crippen LogP contribution in [-0.4, -0.2) is 14.2 Å². The van der Waals surface area contributed by atoms with Crippen molar-refractivity contribution in [2.24, 2.45) is 0 Å². The molecule has 0 heterocycles. The number of benzene rings is 2. The highest BCUT2D eigenvalue weighted by molar-refractivity contribution is 5.90. The lowest BCUT2D eigenvalue weighted by Gasteiger charge is -2.09. The summed E-state index contributed by atoms with van der Waals surface area (Å²) >= 11 is 0. The van der Waals surface area contributed by atoms with Crippen molar-refractivity contribution in [2.75, 3.05) is 14.2 Å². The fourth-order valence-corrected chi connectivity index (χ4v) is 1.78. The lowest BCUT2D eigenvalue weighted by Crippen LogP contribution is -1.89. The third kappa shape index (κ3) is 1.63. The molecule has 0 aliphatic rings. The number of hydrogen-bond donors (Lipinski definition) is 0. The van der Waals surface area contributed by atoms with Crippen LogP contribution in [0.25, 0.3) is 10.8 Å². The molecule has 0 atom stereocenters. The fourth-order valence-electron chi connectivity index (χ4n) is 1.78. The predicted octanol–water partition coefficient (Wildman–Crippen LogP) is 3.17. The second-order valence-corrected chi connectivity index (χ2v) is 3.50. The van der Waals surface area contributed by atoms with Crippen molar-refractivity contribution in [1.29, 1.82) is 0 Å². The van der Waals surface area contributed by atoms with E-state index in [2.05, 4.69) is 12.1 Å². The minimum atomic E-state index is 0.901. The van der Waals surface area contributed by atoms with E-state index in [1.165, 1.54) is 0 Å². The van der Waals surface area contributed by atoms with Crippen LogP contribution in [0.3, 0.4) is 0 Å². The van der Waals surface area contributed by atoms with Crippen molar-refractivity contribution in [2.45, 2.75) is 6.92 Å². The average Bonchev–Trinajstić information content (AvgIpc) is 2.27. The third-order valence-electron chi connectivity index (χ3n) is 2.58. The van der Waals surface area contributed by atoms with Gasteiger partial charge in [0.15, 0.2) is 0 Å². The van der Waals surface area contributed by atoms with Crippen molar-refractivity contribution in [3.8, 4) is 11.5 Å². The molecule has 0 saturated heterocycles. The molecule has 2 aromatic rings. The number of ether oxygens (including phenoxy) is 2. The van der Waals surface area contributed by atoms with Gasteiger partial charge in [0.05, 0.1) is 14.2 Å². The van der Waals surface area contributed by atoms with Crippen LogP contribution < -0.4 is 9.47 Å². The zero-order valence-corrected chi connectivity index (χ0v) is 9.20. The molecular formula is C13H14O2. The molecular weight excluding hydrogens is 188 g/mol. The molecule has 0 spiro atoms. The Kier molecular flexibility index (Phi) is 2.50. The minimum Gasteiger partial charge on any atom is -0.496 e. The van der Waals surface area contributed by atoms with E-state index in [-0.39, 0.29) is 0 Å². The number of hydrogen-bond acceptors (Lipinski definition) is 2. The molecule has 0 aliphatic heterocycles. The Labute approximate surface area is 89.4 Å². The molecule has 15 heavy (non-hydrogen) atoms. The second kappa shape index (κ2) is 3.81. The average molecular weight is 202 g/mol. The van der Waals surface area contributed by atoms with Gasteiger partial charge in [0.2, 0.25) is 0 Å². The molecule has 0 aliphatic carbocycles. The lowest BCUT2D eigenvalue weighted by molar-refractivity contribution is 0.411. The maximum Gasteiger partial charge on any atom is 0.126 e. The highest BCUT2D eigenvalue weighted by Gasteiger charge is 2.05. The van der Waals surface area contributed by atoms with Gasteiger partial charge in [-0.15, -0.1) is 0 Å². The molecule has 0 unspecified atom stereocenters. The van der Waals surface area contributed by atoms with Crippen molar-refractivity contribution >= 4 is 10.8 Å². The Balaban J connectivity index is 2.74. The molecule has 2 rings (SSSR count). The molecule has 0 aromatic heterocycles. The Morgan fingerprint density at radius 3 is 2.33 bits per heavy atom. The van der Waals surface area contributed by atoms with Crippen molar-refractivity contribution in [1.82, 2.24) is 0 Å². The largest absolute Gasteiger partial charge is 0.496 e. The highest BCUT2D eigenvalue weighted by atomic mass is 16.5. The van der Waals surface area contributed by atoms with Gasteiger partial charge in [0.1, 0.15) is 11.5 Å². The van der Waals surface area contributed by atoms with Crippen LogP contribution >= 0.6 is 0 Å². The fraction of sp³-hybridized carbons (Fsp3) is 0.231. The SMILES string of the molecule is COc1cc2cccc(OC)c2cc1C. The van der Waals surface area contributed by atoms with Crippen molar-refractivity contribution in [3.63, 3.8) is 0 Å². The molecule has 78 valence electrons. The van der Waals surface area contributed by atoms with Gasteiger partial charge in [-0.1, -0.05) is 12.1 Å². The van der Waals surface area contributed by atoms with E-state index >= 15 is 0 Å². The van der Waals surface area contributed by atoms with Crippen LogP contribution in [0.1, 0.15) is 5.56 Å². The normalized spacial score (nSPS) is 10.3. The number of rotatable bonds is 2. The van der Waals surface area contributed by atoms with Gasteiger partial charge >= 0.3 is 0 Å². The number of fused-ring (bicyclic) bond motifs is 1. The van der Waals surface area contributed by atoms with E-state index in [1.807, 2.05) is 25.1 Å². The molecule has 0 fully saturated rings. The summed E-state index contributed by atoms with van der Waals surface area (Å²) in [5.74, 6) is 1.81. The first-order valence-corrected chi connectivity index (χ1v) is 4.87. The summed E-state index contributed by atoms with van der Waals surface area (Å²) in [7, 11) is 3.38. The van der Waals surface area contributed by atoms with E-state index in [0.29, 0.717) is 0 Å². The second-order valence-electron chi connectivity index (χ2n) is 3.50. The molecule has 0 N–H and O–H groups in total. The topological polar surface area (TPSA) is 18.5 Å². The summed E-state index contributed by atoms with van der Waals surface area (Å²) in [6, 6.07) is 10.1. The van der Waals surface area contributed by atoms with Gasteiger partial charge in [-0.05, 0) is 36.1 Å². The van der Waals surface area contributed by atoms with Gasteiger partial charge in [-0.25, -0.2) is 0 Å². The molecule has 2 aromatic carbocycles. The monoisotopic (exact) mass is 202 g/mol. The minimum absolute atomic E-state index is 0.901. The Morgan fingerprint density at radius 1 is 0.933 bits per heavy atom. The Morgan fingerprint density at radius 2 is 1.67 bits per heavy atom. The maximum atomic E-state index is 5.32. The zero-order chi connectivity index (χ0) is 10.8. The molecule has 0 bridgehead atoms. The lowest BCUT2D eigenvalue weighted by atomic mass is 10.1. The summed E-state index contributed by atoms with van der Waals surface area (Å²) in [6.07, 6.45) is 0. The standard InChI is InChI=1S/C13H14O2/c1-9-7-11-10(8-13(9)15-3)5-4-6-12(11)14-2/h4-8H,1-3H3. The predicted molar refractivity (Wildman–Crippen MR) is 61.8 cm³/mol. The molecule has 2 nitrogen and oxygen atoms in total. The van der Waals surface area contributed by atoms with E-state index < -0.39 is 0 Å². The molecule has 0 radical (unpaired) electrons. The van der Waals surface area contributed by atoms with Crippen LogP contribution in [0.2, 0.25) is 0 Å². The van der Waals surface area contributed by atoms with Gasteiger partial charge in [0, 0.05) is 5.39 Å². The summed E-state index contributed by atoms with van der Waals surface area (Å²) < 4.78 is 10.6. The van der Waals surface area contributed by atoms with E-state index in [1.54, 1.807) is 14.2 Å². The van der Waals surface area contributed by atoms with Crippen LogP contribution in [0.15, 0.2) is 30.3 Å². The van der Waals surface area contributed by atoms with E-state index in [4.69, 9.17) is 9.47 Å². The molecule has 2 heteroatoms. The number of methoxy groups -OCH3 is 2. The van der Waals surface area contributed by atoms with Crippen LogP contribution in [0.5, 0.6) is 11.5 Å². The zero-order valence-electron chi connectivity index (χ0n) is 9.20. The van der Waals surface area contributed by atoms with Crippen LogP contribution in [0, 0.1) is 6.92 Å². The third-order valence-corrected chi connectivity index (χ3v) is 2.58. The van der Waals surface area contributed by atoms with Crippen molar-refractivity contribution < 1.29 is 9.47 Å². The Hall–Kier alpha value is -1.70. The Bertz CT molecular complexity index is 489. The molecule has 0 saturated carbocycles. The summed E-state index contributed by atoms with van der Waals surface area (Å²) in [5.41, 5.74) is 1.12. The van der Waals surface area contributed by atoms with Gasteiger partial charge in [0.25, 0.3) is 0 Å². The first-order valence-electron chi connectivity index (χ1n) is 4.87. The molecule has 0 amide bonds. The first kappa shape index (κ1) is 9.84. The quantitative estimate of drug-likeness (QED) is 0.744. The summed E-state index contributed by atoms with van der Waals surface area (Å²) in [4.78, 5) is 0. The van der Waals surface area contributed by atoms with Gasteiger partial charge < -0.3 is 9.47 Å². The highest BCUT2D eigenvalue weighted by Crippen LogP contribution is 2.31. The van der Waals surface area contributed by atoms with E-state index in [9.17, 15) is 0 Å². The van der Waals surface area contributed by atoms with Crippen LogP contribution in [-0.2, 0) is 0 Å². The van der Waals surface area contributed by atoms with Gasteiger partial charge in [-0.3, -0.25) is 0 Å². The smallest absolute Gasteiger partial charge is 0.126 e. The first-order chi connectivity index (χ1) is 7.26. The van der Waals surface area contributed by atoms with Crippen LogP contribution in [0.4, 0.5) is 0 Å². The van der Waals surface area contributed by atoms with Crippen molar-refractivity contribution in [3.05, 3.63) is 35.9 Å².